The molecule has 0 radical (unpaired) electrons. The van der Waals surface area contributed by atoms with Gasteiger partial charge in [-0.05, 0) is 17.7 Å². The van der Waals surface area contributed by atoms with E-state index in [1.165, 1.54) is 5.39 Å². The van der Waals surface area contributed by atoms with Gasteiger partial charge in [0.25, 0.3) is 0 Å². The summed E-state index contributed by atoms with van der Waals surface area (Å²) in [6.45, 7) is 0.217. The molecule has 96 valence electrons. The summed E-state index contributed by atoms with van der Waals surface area (Å²) >= 11 is 0. The first kappa shape index (κ1) is 11.7. The van der Waals surface area contributed by atoms with Gasteiger partial charge in [0.15, 0.2) is 0 Å². The average Bonchev–Trinajstić information content (AvgIpc) is 2.82. The molecule has 1 aromatic heterocycles. The molecule has 2 aromatic carbocycles. The summed E-state index contributed by atoms with van der Waals surface area (Å²) in [4.78, 5) is 13.6. The fourth-order valence-electron chi connectivity index (χ4n) is 2.36. The molecule has 1 amide bonds. The molecule has 0 spiro atoms. The Balaban J connectivity index is 2.05. The minimum Gasteiger partial charge on any atom is -0.387 e. The second-order valence-electron chi connectivity index (χ2n) is 4.52. The van der Waals surface area contributed by atoms with Gasteiger partial charge in [-0.25, -0.2) is 0 Å². The number of benzene rings is 2. The van der Waals surface area contributed by atoms with Crippen molar-refractivity contribution in [2.75, 3.05) is 6.54 Å². The van der Waals surface area contributed by atoms with E-state index in [0.717, 1.165) is 22.0 Å². The quantitative estimate of drug-likeness (QED) is 0.624. The van der Waals surface area contributed by atoms with Crippen LogP contribution in [0.4, 0.5) is 0 Å². The van der Waals surface area contributed by atoms with Crippen LogP contribution in [0.2, 0.25) is 0 Å². The van der Waals surface area contributed by atoms with Crippen molar-refractivity contribution < 1.29 is 9.90 Å². The van der Waals surface area contributed by atoms with E-state index in [9.17, 15) is 9.90 Å². The van der Waals surface area contributed by atoms with Crippen molar-refractivity contribution in [2.45, 2.75) is 6.10 Å². The van der Waals surface area contributed by atoms with Crippen LogP contribution in [-0.4, -0.2) is 23.0 Å². The standard InChI is InChI=1S/C15H14N2O2/c18-9-16-8-15(19)10-5-6-12-11-3-1-2-4-13(11)17-14(12)7-10/h1-7,9,15,17,19H,8H2,(H,16,18). The van der Waals surface area contributed by atoms with Crippen LogP contribution in [0.1, 0.15) is 11.7 Å². The van der Waals surface area contributed by atoms with Crippen LogP contribution in [0.3, 0.4) is 0 Å². The van der Waals surface area contributed by atoms with Gasteiger partial charge in [0.2, 0.25) is 6.41 Å². The summed E-state index contributed by atoms with van der Waals surface area (Å²) in [5.74, 6) is 0. The van der Waals surface area contributed by atoms with Crippen molar-refractivity contribution in [1.82, 2.24) is 10.3 Å². The summed E-state index contributed by atoms with van der Waals surface area (Å²) in [6.07, 6.45) is -0.106. The van der Waals surface area contributed by atoms with Crippen molar-refractivity contribution in [2.24, 2.45) is 0 Å². The minimum absolute atomic E-state index is 0.217. The van der Waals surface area contributed by atoms with E-state index in [4.69, 9.17) is 0 Å². The van der Waals surface area contributed by atoms with Gasteiger partial charge in [-0.3, -0.25) is 4.79 Å². The molecule has 4 nitrogen and oxygen atoms in total. The molecule has 0 aliphatic heterocycles. The van der Waals surface area contributed by atoms with Crippen LogP contribution in [0.25, 0.3) is 21.8 Å². The third-order valence-corrected chi connectivity index (χ3v) is 3.31. The maximum absolute atomic E-state index is 10.2. The first-order chi connectivity index (χ1) is 9.29. The molecule has 4 heteroatoms. The number of aliphatic hydroxyl groups excluding tert-OH is 1. The molecule has 1 heterocycles. The highest BCUT2D eigenvalue weighted by atomic mass is 16.3. The van der Waals surface area contributed by atoms with Gasteiger partial charge in [0, 0.05) is 28.4 Å². The van der Waals surface area contributed by atoms with E-state index in [-0.39, 0.29) is 6.54 Å². The number of aromatic nitrogens is 1. The van der Waals surface area contributed by atoms with Crippen LogP contribution in [0.5, 0.6) is 0 Å². The SMILES string of the molecule is O=CNCC(O)c1ccc2c(c1)[nH]c1ccccc12. The summed E-state index contributed by atoms with van der Waals surface area (Å²) in [7, 11) is 0. The smallest absolute Gasteiger partial charge is 0.207 e. The Morgan fingerprint density at radius 1 is 1.16 bits per heavy atom. The van der Waals surface area contributed by atoms with E-state index in [1.807, 2.05) is 36.4 Å². The normalized spacial score (nSPS) is 12.7. The molecule has 0 fully saturated rings. The Morgan fingerprint density at radius 2 is 1.95 bits per heavy atom. The molecule has 0 aliphatic rings. The molecule has 3 N–H and O–H groups in total. The van der Waals surface area contributed by atoms with Crippen LogP contribution in [-0.2, 0) is 4.79 Å². The number of hydrogen-bond donors (Lipinski definition) is 3. The lowest BCUT2D eigenvalue weighted by Crippen LogP contribution is -2.19. The zero-order chi connectivity index (χ0) is 13.2. The monoisotopic (exact) mass is 254 g/mol. The van der Waals surface area contributed by atoms with E-state index >= 15 is 0 Å². The van der Waals surface area contributed by atoms with Crippen LogP contribution >= 0.6 is 0 Å². The van der Waals surface area contributed by atoms with Gasteiger partial charge in [-0.1, -0.05) is 30.3 Å². The molecule has 0 saturated heterocycles. The first-order valence-corrected chi connectivity index (χ1v) is 6.15. The zero-order valence-electron chi connectivity index (χ0n) is 10.3. The number of aromatic amines is 1. The Hall–Kier alpha value is -2.33. The highest BCUT2D eigenvalue weighted by Gasteiger charge is 2.09. The number of hydrogen-bond acceptors (Lipinski definition) is 2. The number of para-hydroxylation sites is 1. The molecule has 0 aliphatic carbocycles. The number of H-pyrrole nitrogens is 1. The van der Waals surface area contributed by atoms with Crippen molar-refractivity contribution in [3.8, 4) is 0 Å². The van der Waals surface area contributed by atoms with E-state index in [2.05, 4.69) is 16.4 Å². The van der Waals surface area contributed by atoms with Gasteiger partial charge in [0.1, 0.15) is 0 Å². The number of amides is 1. The summed E-state index contributed by atoms with van der Waals surface area (Å²) < 4.78 is 0. The highest BCUT2D eigenvalue weighted by molar-refractivity contribution is 6.07. The molecule has 3 aromatic rings. The second kappa shape index (κ2) is 4.74. The Labute approximate surface area is 110 Å². The van der Waals surface area contributed by atoms with Crippen LogP contribution in [0.15, 0.2) is 42.5 Å². The molecule has 19 heavy (non-hydrogen) atoms. The number of rotatable bonds is 4. The molecular formula is C15H14N2O2. The lowest BCUT2D eigenvalue weighted by molar-refractivity contribution is -0.109. The third-order valence-electron chi connectivity index (χ3n) is 3.31. The number of fused-ring (bicyclic) bond motifs is 3. The van der Waals surface area contributed by atoms with E-state index < -0.39 is 6.10 Å². The number of nitrogens with one attached hydrogen (secondary N) is 2. The topological polar surface area (TPSA) is 65.1 Å². The van der Waals surface area contributed by atoms with Crippen molar-refractivity contribution in [3.63, 3.8) is 0 Å². The predicted octanol–water partition coefficient (Wildman–Crippen LogP) is 2.10. The molecule has 1 atom stereocenters. The lowest BCUT2D eigenvalue weighted by atomic mass is 10.1. The Kier molecular flexibility index (Phi) is 2.93. The summed E-state index contributed by atoms with van der Waals surface area (Å²) in [6, 6.07) is 13.9. The fourth-order valence-corrected chi connectivity index (χ4v) is 2.36. The fraction of sp³-hybridized carbons (Fsp3) is 0.133. The van der Waals surface area contributed by atoms with Gasteiger partial charge in [0.05, 0.1) is 6.10 Å². The van der Waals surface area contributed by atoms with Gasteiger partial charge >= 0.3 is 0 Å². The third kappa shape index (κ3) is 2.06. The highest BCUT2D eigenvalue weighted by Crippen LogP contribution is 2.27. The molecule has 0 bridgehead atoms. The van der Waals surface area contributed by atoms with Crippen LogP contribution in [0, 0.1) is 0 Å². The Morgan fingerprint density at radius 3 is 2.79 bits per heavy atom. The zero-order valence-corrected chi connectivity index (χ0v) is 10.3. The number of aliphatic hydroxyl groups is 1. The predicted molar refractivity (Wildman–Crippen MR) is 74.8 cm³/mol. The first-order valence-electron chi connectivity index (χ1n) is 6.15. The molecule has 1 unspecified atom stereocenters. The average molecular weight is 254 g/mol. The van der Waals surface area contributed by atoms with E-state index in [0.29, 0.717) is 6.41 Å². The summed E-state index contributed by atoms with van der Waals surface area (Å²) in [5.41, 5.74) is 2.85. The second-order valence-corrected chi connectivity index (χ2v) is 4.52. The number of carbonyl (C=O) groups is 1. The van der Waals surface area contributed by atoms with Gasteiger partial charge < -0.3 is 15.4 Å². The molecular weight excluding hydrogens is 240 g/mol. The molecule has 3 rings (SSSR count). The van der Waals surface area contributed by atoms with Crippen molar-refractivity contribution in [3.05, 3.63) is 48.0 Å². The maximum Gasteiger partial charge on any atom is 0.207 e. The molecule has 0 saturated carbocycles. The van der Waals surface area contributed by atoms with Crippen molar-refractivity contribution >= 4 is 28.2 Å². The van der Waals surface area contributed by atoms with Crippen LogP contribution < -0.4 is 5.32 Å². The summed E-state index contributed by atoms with van der Waals surface area (Å²) in [5, 5.41) is 14.7. The van der Waals surface area contributed by atoms with Gasteiger partial charge in [-0.2, -0.15) is 0 Å². The Bertz CT molecular complexity index is 733. The van der Waals surface area contributed by atoms with Gasteiger partial charge in [-0.15, -0.1) is 0 Å². The van der Waals surface area contributed by atoms with Crippen molar-refractivity contribution in [1.29, 1.82) is 0 Å². The minimum atomic E-state index is -0.694. The largest absolute Gasteiger partial charge is 0.387 e. The number of carbonyl (C=O) groups excluding carboxylic acids is 1. The van der Waals surface area contributed by atoms with E-state index in [1.54, 1.807) is 0 Å². The maximum atomic E-state index is 10.2. The lowest BCUT2D eigenvalue weighted by Gasteiger charge is -2.09.